The highest BCUT2D eigenvalue weighted by Crippen LogP contribution is 2.40. The van der Waals surface area contributed by atoms with Gasteiger partial charge in [-0.3, -0.25) is 0 Å². The van der Waals surface area contributed by atoms with Gasteiger partial charge in [-0.2, -0.15) is 9.19 Å². The lowest BCUT2D eigenvalue weighted by molar-refractivity contribution is 0.400. The van der Waals surface area contributed by atoms with Gasteiger partial charge < -0.3 is 5.32 Å². The molecular formula is C19H22FN3O2S. The molecule has 4 rings (SSSR count). The zero-order chi connectivity index (χ0) is 18.4. The van der Waals surface area contributed by atoms with E-state index in [0.717, 1.165) is 41.0 Å². The molecule has 1 N–H and O–H groups in total. The number of benzene rings is 1. The molecule has 1 unspecified atom stereocenters. The number of para-hydroxylation sites is 1. The Kier molecular flexibility index (Phi) is 4.23. The molecule has 1 aliphatic carbocycles. The van der Waals surface area contributed by atoms with Crippen molar-refractivity contribution in [3.8, 4) is 0 Å². The van der Waals surface area contributed by atoms with Gasteiger partial charge in [-0.25, -0.2) is 12.8 Å². The highest BCUT2D eigenvalue weighted by atomic mass is 32.2. The molecule has 2 aliphatic rings. The van der Waals surface area contributed by atoms with E-state index in [-0.39, 0.29) is 5.92 Å². The first kappa shape index (κ1) is 17.4. The minimum absolute atomic E-state index is 0.222. The molecule has 26 heavy (non-hydrogen) atoms. The van der Waals surface area contributed by atoms with Gasteiger partial charge in [0.2, 0.25) is 0 Å². The molecule has 138 valence electrons. The second-order valence-corrected chi connectivity index (χ2v) is 9.54. The number of aromatic nitrogens is 2. The maximum absolute atomic E-state index is 14.4. The SMILES string of the molecule is CC1(S(=O)(=O)n2ncc3ccccc32)C=C(F)C=C(C2CCNCC2)C1. The van der Waals surface area contributed by atoms with Crippen molar-refractivity contribution < 1.29 is 12.8 Å². The van der Waals surface area contributed by atoms with Gasteiger partial charge in [0.25, 0.3) is 10.0 Å². The maximum atomic E-state index is 14.4. The third-order valence-electron chi connectivity index (χ3n) is 5.45. The minimum Gasteiger partial charge on any atom is -0.317 e. The Balaban J connectivity index is 1.75. The molecule has 0 bridgehead atoms. The fraction of sp³-hybridized carbons (Fsp3) is 0.421. The zero-order valence-electron chi connectivity index (χ0n) is 14.7. The molecule has 1 aromatic heterocycles. The van der Waals surface area contributed by atoms with E-state index in [9.17, 15) is 12.8 Å². The minimum atomic E-state index is -3.92. The van der Waals surface area contributed by atoms with E-state index >= 15 is 0 Å². The Morgan fingerprint density at radius 3 is 2.77 bits per heavy atom. The van der Waals surface area contributed by atoms with E-state index in [4.69, 9.17) is 0 Å². The predicted octanol–water partition coefficient (Wildman–Crippen LogP) is 3.16. The summed E-state index contributed by atoms with van der Waals surface area (Å²) in [6.07, 6.45) is 6.38. The van der Waals surface area contributed by atoms with Crippen molar-refractivity contribution in [1.29, 1.82) is 0 Å². The van der Waals surface area contributed by atoms with Crippen molar-refractivity contribution in [2.45, 2.75) is 30.9 Å². The van der Waals surface area contributed by atoms with Crippen molar-refractivity contribution >= 4 is 20.9 Å². The van der Waals surface area contributed by atoms with Crippen molar-refractivity contribution in [1.82, 2.24) is 14.5 Å². The summed E-state index contributed by atoms with van der Waals surface area (Å²) >= 11 is 0. The molecule has 1 saturated heterocycles. The van der Waals surface area contributed by atoms with Gasteiger partial charge >= 0.3 is 0 Å². The van der Waals surface area contributed by atoms with Crippen LogP contribution in [-0.2, 0) is 10.0 Å². The first-order valence-corrected chi connectivity index (χ1v) is 10.3. The molecule has 1 aromatic carbocycles. The average Bonchev–Trinajstić information content (AvgIpc) is 3.06. The van der Waals surface area contributed by atoms with Crippen molar-refractivity contribution in [3.63, 3.8) is 0 Å². The Labute approximate surface area is 152 Å². The third-order valence-corrected chi connectivity index (χ3v) is 7.63. The predicted molar refractivity (Wildman–Crippen MR) is 99.9 cm³/mol. The molecule has 0 amide bonds. The second-order valence-electron chi connectivity index (χ2n) is 7.31. The van der Waals surface area contributed by atoms with E-state index in [1.54, 1.807) is 19.1 Å². The summed E-state index contributed by atoms with van der Waals surface area (Å²) in [5.41, 5.74) is 1.40. The van der Waals surface area contributed by atoms with Crippen LogP contribution < -0.4 is 5.32 Å². The van der Waals surface area contributed by atoms with Crippen LogP contribution in [0.3, 0.4) is 0 Å². The quantitative estimate of drug-likeness (QED) is 0.895. The number of allylic oxidation sites excluding steroid dienone is 3. The van der Waals surface area contributed by atoms with Crippen LogP contribution >= 0.6 is 0 Å². The second kappa shape index (κ2) is 6.32. The molecule has 1 aliphatic heterocycles. The van der Waals surface area contributed by atoms with Gasteiger partial charge in [-0.1, -0.05) is 23.8 Å². The normalized spacial score (nSPS) is 25.2. The van der Waals surface area contributed by atoms with Crippen LogP contribution in [0, 0.1) is 5.92 Å². The van der Waals surface area contributed by atoms with E-state index < -0.39 is 20.6 Å². The third kappa shape index (κ3) is 2.79. The number of hydrogen-bond acceptors (Lipinski definition) is 4. The fourth-order valence-corrected chi connectivity index (χ4v) is 5.58. The van der Waals surface area contributed by atoms with Gasteiger partial charge in [0, 0.05) is 5.39 Å². The molecule has 1 fully saturated rings. The molecule has 0 saturated carbocycles. The Hall–Kier alpha value is -1.99. The molecule has 2 heterocycles. The molecule has 5 nitrogen and oxygen atoms in total. The Morgan fingerprint density at radius 2 is 2.00 bits per heavy atom. The number of hydrogen-bond donors (Lipinski definition) is 1. The number of halogens is 1. The summed E-state index contributed by atoms with van der Waals surface area (Å²) in [4.78, 5) is 0. The summed E-state index contributed by atoms with van der Waals surface area (Å²) in [5.74, 6) is -0.257. The summed E-state index contributed by atoms with van der Waals surface area (Å²) in [7, 11) is -3.92. The van der Waals surface area contributed by atoms with Gasteiger partial charge in [0.15, 0.2) is 0 Å². The monoisotopic (exact) mass is 375 g/mol. The Bertz CT molecular complexity index is 1000. The highest BCUT2D eigenvalue weighted by Gasteiger charge is 2.44. The maximum Gasteiger partial charge on any atom is 0.263 e. The Morgan fingerprint density at radius 1 is 1.27 bits per heavy atom. The van der Waals surface area contributed by atoms with Crippen LogP contribution in [0.2, 0.25) is 0 Å². The van der Waals surface area contributed by atoms with Gasteiger partial charge in [0.1, 0.15) is 10.6 Å². The number of nitrogens with one attached hydrogen (secondary N) is 1. The van der Waals surface area contributed by atoms with E-state index in [0.29, 0.717) is 11.9 Å². The standard InChI is InChI=1S/C19H22FN3O2S/c1-19(11-16(10-17(20)12-19)14-6-8-21-9-7-14)26(24,25)23-18-5-3-2-4-15(18)13-22-23/h2-5,10,12-14,21H,6-9,11H2,1H3. The molecular weight excluding hydrogens is 353 g/mol. The van der Waals surface area contributed by atoms with Crippen molar-refractivity contribution in [3.05, 3.63) is 54.0 Å². The molecule has 2 aromatic rings. The van der Waals surface area contributed by atoms with E-state index in [1.807, 2.05) is 12.1 Å². The highest BCUT2D eigenvalue weighted by molar-refractivity contribution is 7.91. The largest absolute Gasteiger partial charge is 0.317 e. The van der Waals surface area contributed by atoms with Crippen LogP contribution in [0.1, 0.15) is 26.2 Å². The van der Waals surface area contributed by atoms with Crippen LogP contribution in [-0.4, -0.2) is 35.4 Å². The molecule has 0 radical (unpaired) electrons. The zero-order valence-corrected chi connectivity index (χ0v) is 15.5. The van der Waals surface area contributed by atoms with Gasteiger partial charge in [-0.05, 0) is 63.4 Å². The first-order valence-electron chi connectivity index (χ1n) is 8.88. The smallest absolute Gasteiger partial charge is 0.263 e. The van der Waals surface area contributed by atoms with Gasteiger partial charge in [0.05, 0.1) is 11.7 Å². The molecule has 1 atom stereocenters. The van der Waals surface area contributed by atoms with Crippen LogP contribution in [0.5, 0.6) is 0 Å². The topological polar surface area (TPSA) is 64.0 Å². The van der Waals surface area contributed by atoms with Crippen molar-refractivity contribution in [2.24, 2.45) is 5.92 Å². The lowest BCUT2D eigenvalue weighted by Crippen LogP contribution is -2.41. The molecule has 0 spiro atoms. The first-order chi connectivity index (χ1) is 12.4. The number of rotatable bonds is 3. The van der Waals surface area contributed by atoms with Crippen LogP contribution in [0.4, 0.5) is 4.39 Å². The fourth-order valence-electron chi connectivity index (χ4n) is 3.98. The summed E-state index contributed by atoms with van der Waals surface area (Å²) in [6, 6.07) is 7.14. The summed E-state index contributed by atoms with van der Waals surface area (Å²) in [6.45, 7) is 3.34. The number of fused-ring (bicyclic) bond motifs is 1. The van der Waals surface area contributed by atoms with Gasteiger partial charge in [-0.15, -0.1) is 0 Å². The summed E-state index contributed by atoms with van der Waals surface area (Å²) in [5, 5.41) is 8.13. The molecule has 7 heteroatoms. The van der Waals surface area contributed by atoms with Crippen LogP contribution in [0.25, 0.3) is 10.9 Å². The lowest BCUT2D eigenvalue weighted by Gasteiger charge is -2.34. The lowest BCUT2D eigenvalue weighted by atomic mass is 9.82. The number of piperidine rings is 1. The average molecular weight is 375 g/mol. The van der Waals surface area contributed by atoms with E-state index in [1.165, 1.54) is 18.3 Å². The summed E-state index contributed by atoms with van der Waals surface area (Å²) < 4.78 is 41.0. The van der Waals surface area contributed by atoms with E-state index in [2.05, 4.69) is 10.4 Å². The number of nitrogens with zero attached hydrogens (tertiary/aromatic N) is 2. The van der Waals surface area contributed by atoms with Crippen LogP contribution in [0.15, 0.2) is 54.0 Å². The van der Waals surface area contributed by atoms with Crippen molar-refractivity contribution in [2.75, 3.05) is 13.1 Å².